The molecule has 0 aliphatic rings. The maximum absolute atomic E-state index is 9.46. The molecule has 0 bridgehead atoms. The summed E-state index contributed by atoms with van der Waals surface area (Å²) >= 11 is 0. The molecule has 0 fully saturated rings. The molecule has 3 aromatic carbocycles. The molecule has 2 aromatic heterocycles. The van der Waals surface area contributed by atoms with E-state index in [0.29, 0.717) is 50.0 Å². The molecule has 0 N–H and O–H groups in total. The molecule has 0 aliphatic carbocycles. The van der Waals surface area contributed by atoms with E-state index in [9.17, 15) is 26.3 Å². The Morgan fingerprint density at radius 3 is 1.46 bits per heavy atom. The van der Waals surface area contributed by atoms with Gasteiger partial charge in [0.2, 0.25) is 11.1 Å². The number of nitrogens with zero attached hydrogens (tertiary/aromatic N) is 7. The van der Waals surface area contributed by atoms with E-state index in [2.05, 4.69) is 22.1 Å². The van der Waals surface area contributed by atoms with Crippen LogP contribution < -0.4 is 11.1 Å². The lowest BCUT2D eigenvalue weighted by Gasteiger charge is -2.08. The van der Waals surface area contributed by atoms with Gasteiger partial charge in [-0.05, 0) is 42.3 Å². The number of hydrogen-bond donors (Lipinski definition) is 0. The minimum Gasteiger partial charge on any atom is -0.435 e. The zero-order chi connectivity index (χ0) is 26.1. The summed E-state index contributed by atoms with van der Waals surface area (Å²) in [7, 11) is 0. The highest BCUT2D eigenvalue weighted by Gasteiger charge is 2.25. The maximum atomic E-state index is 9.46. The van der Waals surface area contributed by atoms with Gasteiger partial charge in [-0.15, -0.1) is 0 Å². The predicted octanol–water partition coefficient (Wildman–Crippen LogP) is 3.94. The summed E-state index contributed by atoms with van der Waals surface area (Å²) in [4.78, 5) is 9.09. The van der Waals surface area contributed by atoms with Crippen molar-refractivity contribution in [3.8, 4) is 52.6 Å². The Hall–Kier alpha value is -6.21. The van der Waals surface area contributed by atoms with Crippen molar-refractivity contribution in [1.82, 2.24) is 9.97 Å². The van der Waals surface area contributed by atoms with Crippen molar-refractivity contribution in [3.05, 3.63) is 70.7 Å². The Bertz CT molecular complexity index is 1950. The van der Waals surface area contributed by atoms with E-state index in [-0.39, 0.29) is 27.8 Å². The van der Waals surface area contributed by atoms with Gasteiger partial charge in [-0.25, -0.2) is 9.97 Å². The van der Waals surface area contributed by atoms with Crippen molar-refractivity contribution in [2.24, 2.45) is 0 Å². The molecule has 0 spiro atoms. The molecule has 9 nitrogen and oxygen atoms in total. The Labute approximate surface area is 208 Å². The number of fused-ring (bicyclic) bond motifs is 2. The average Bonchev–Trinajstić information content (AvgIpc) is 3.57. The van der Waals surface area contributed by atoms with Crippen LogP contribution in [-0.4, -0.2) is 9.97 Å². The van der Waals surface area contributed by atoms with Crippen LogP contribution in [0.2, 0.25) is 0 Å². The fourth-order valence-corrected chi connectivity index (χ4v) is 3.93. The average molecular weight is 477 g/mol. The predicted molar refractivity (Wildman–Crippen MR) is 130 cm³/mol. The van der Waals surface area contributed by atoms with Crippen LogP contribution >= 0.6 is 0 Å². The molecule has 5 rings (SSSR count). The van der Waals surface area contributed by atoms with Gasteiger partial charge >= 0.3 is 0 Å². The first-order valence-corrected chi connectivity index (χ1v) is 10.7. The fourth-order valence-electron chi connectivity index (χ4n) is 3.93. The first kappa shape index (κ1) is 22.6. The Balaban J connectivity index is 2.05. The van der Waals surface area contributed by atoms with Gasteiger partial charge < -0.3 is 8.83 Å². The van der Waals surface area contributed by atoms with Gasteiger partial charge in [0.15, 0.2) is 16.7 Å². The molecule has 5 aromatic rings. The number of hydrogen-bond acceptors (Lipinski definition) is 9. The van der Waals surface area contributed by atoms with E-state index in [0.717, 1.165) is 0 Å². The number of oxazole rings is 2. The first-order chi connectivity index (χ1) is 18.0. The molecule has 2 heterocycles. The monoisotopic (exact) mass is 477 g/mol. The topological polar surface area (TPSA) is 171 Å². The normalized spacial score (nSPS) is 11.1. The van der Waals surface area contributed by atoms with Gasteiger partial charge in [0, 0.05) is 0 Å². The summed E-state index contributed by atoms with van der Waals surface area (Å²) in [5.41, 5.74) is 4.13. The van der Waals surface area contributed by atoms with Crippen LogP contribution in [0.1, 0.15) is 18.1 Å². The molecular formula is C28H11N7O2. The van der Waals surface area contributed by atoms with Crippen molar-refractivity contribution in [3.63, 3.8) is 0 Å². The Morgan fingerprint density at radius 2 is 1.05 bits per heavy atom. The van der Waals surface area contributed by atoms with Crippen LogP contribution in [0.15, 0.2) is 57.4 Å². The molecular weight excluding hydrogens is 466 g/mol. The molecule has 9 heteroatoms. The van der Waals surface area contributed by atoms with Crippen molar-refractivity contribution in [2.75, 3.05) is 0 Å². The lowest BCUT2D eigenvalue weighted by Crippen LogP contribution is -2.03. The van der Waals surface area contributed by atoms with Crippen molar-refractivity contribution in [1.29, 1.82) is 26.3 Å². The fraction of sp³-hybridized carbons (Fsp3) is 0.0357. The van der Waals surface area contributed by atoms with E-state index >= 15 is 0 Å². The van der Waals surface area contributed by atoms with Crippen LogP contribution in [0.3, 0.4) is 0 Å². The molecule has 37 heavy (non-hydrogen) atoms. The van der Waals surface area contributed by atoms with Crippen LogP contribution in [0.4, 0.5) is 0 Å². The second-order valence-electron chi connectivity index (χ2n) is 7.86. The van der Waals surface area contributed by atoms with E-state index < -0.39 is 0 Å². The summed E-state index contributed by atoms with van der Waals surface area (Å²) in [6.07, 6.45) is 0. The number of aromatic nitrogens is 2. The van der Waals surface area contributed by atoms with E-state index in [4.69, 9.17) is 8.83 Å². The molecule has 0 radical (unpaired) electrons. The summed E-state index contributed by atoms with van der Waals surface area (Å²) in [5.74, 6) is 0. The van der Waals surface area contributed by atoms with Crippen LogP contribution in [0, 0.1) is 56.7 Å². The van der Waals surface area contributed by atoms with Gasteiger partial charge in [-0.2, -0.15) is 26.3 Å². The lowest BCUT2D eigenvalue weighted by molar-refractivity contribution is 0.558. The Morgan fingerprint density at radius 1 is 0.622 bits per heavy atom. The highest BCUT2D eigenvalue weighted by molar-refractivity contribution is 6.15. The maximum Gasteiger partial charge on any atom is 0.249 e. The van der Waals surface area contributed by atoms with E-state index in [1.54, 1.807) is 67.6 Å². The van der Waals surface area contributed by atoms with Gasteiger partial charge in [0.1, 0.15) is 29.2 Å². The first-order valence-electron chi connectivity index (χ1n) is 10.7. The number of benzene rings is 3. The minimum absolute atomic E-state index is 0.108. The molecule has 0 saturated carbocycles. The van der Waals surface area contributed by atoms with E-state index in [1.807, 2.05) is 6.07 Å². The Kier molecular flexibility index (Phi) is 5.41. The quantitative estimate of drug-likeness (QED) is 0.365. The SMILES string of the molecule is C/C(C#N)=c1\nc2c(-c3ccc(C#N)cc3)c3oc(=C(C#N)C#N)nc3c(-c3ccc(C#N)cc3)c2o1. The molecule has 0 atom stereocenters. The van der Waals surface area contributed by atoms with Gasteiger partial charge in [0.05, 0.1) is 40.0 Å². The zero-order valence-corrected chi connectivity index (χ0v) is 19.1. The summed E-state index contributed by atoms with van der Waals surface area (Å²) in [6, 6.07) is 23.2. The third-order valence-electron chi connectivity index (χ3n) is 5.71. The molecule has 0 aliphatic heterocycles. The molecule has 170 valence electrons. The van der Waals surface area contributed by atoms with Gasteiger partial charge in [0.25, 0.3) is 0 Å². The zero-order valence-electron chi connectivity index (χ0n) is 19.1. The molecule has 0 amide bonds. The van der Waals surface area contributed by atoms with E-state index in [1.165, 1.54) is 0 Å². The number of nitriles is 5. The highest BCUT2D eigenvalue weighted by Crippen LogP contribution is 2.41. The lowest BCUT2D eigenvalue weighted by atomic mass is 9.95. The smallest absolute Gasteiger partial charge is 0.249 e. The molecule has 0 saturated heterocycles. The van der Waals surface area contributed by atoms with Crippen molar-refractivity contribution < 1.29 is 8.83 Å². The molecule has 0 unspecified atom stereocenters. The number of rotatable bonds is 2. The third-order valence-corrected chi connectivity index (χ3v) is 5.71. The largest absolute Gasteiger partial charge is 0.435 e. The highest BCUT2D eigenvalue weighted by atomic mass is 16.3. The van der Waals surface area contributed by atoms with Gasteiger partial charge in [-0.1, -0.05) is 24.3 Å². The third kappa shape index (κ3) is 3.61. The second-order valence-corrected chi connectivity index (χ2v) is 7.86. The van der Waals surface area contributed by atoms with Crippen LogP contribution in [-0.2, 0) is 0 Å². The summed E-state index contributed by atoms with van der Waals surface area (Å²) in [5, 5.41) is 46.8. The van der Waals surface area contributed by atoms with Crippen LogP contribution in [0.5, 0.6) is 0 Å². The minimum atomic E-state index is -0.313. The summed E-state index contributed by atoms with van der Waals surface area (Å²) < 4.78 is 12.1. The van der Waals surface area contributed by atoms with Crippen molar-refractivity contribution >= 4 is 33.3 Å². The van der Waals surface area contributed by atoms with Gasteiger partial charge in [-0.3, -0.25) is 0 Å². The second kappa shape index (κ2) is 8.86. The standard InChI is InChI=1S/C28H11N7O2/c1-15(10-29)27-34-23-21(18-6-2-16(11-30)3-7-18)26-24(35-28(37-26)20(13-32)14-33)22(25(23)36-27)19-8-4-17(12-31)5-9-19/h2-9H,1H3/b27-15-. The summed E-state index contributed by atoms with van der Waals surface area (Å²) in [6.45, 7) is 1.58. The van der Waals surface area contributed by atoms with Crippen molar-refractivity contribution in [2.45, 2.75) is 6.92 Å². The van der Waals surface area contributed by atoms with Crippen LogP contribution in [0.25, 0.3) is 55.6 Å².